The van der Waals surface area contributed by atoms with Crippen LogP contribution in [0.25, 0.3) is 0 Å². The van der Waals surface area contributed by atoms with Gasteiger partial charge >= 0.3 is 0 Å². The highest BCUT2D eigenvalue weighted by atomic mass is 19.1. The van der Waals surface area contributed by atoms with Gasteiger partial charge in [-0.2, -0.15) is 0 Å². The minimum absolute atomic E-state index is 0.166. The Morgan fingerprint density at radius 1 is 1.11 bits per heavy atom. The zero-order valence-electron chi connectivity index (χ0n) is 11.5. The van der Waals surface area contributed by atoms with Gasteiger partial charge in [-0.1, -0.05) is 18.9 Å². The molecule has 0 bridgehead atoms. The van der Waals surface area contributed by atoms with Crippen LogP contribution in [0, 0.1) is 11.2 Å². The molecule has 104 valence electrons. The predicted molar refractivity (Wildman–Crippen MR) is 76.6 cm³/mol. The molecule has 1 aromatic carbocycles. The van der Waals surface area contributed by atoms with Gasteiger partial charge in [0.25, 0.3) is 0 Å². The summed E-state index contributed by atoms with van der Waals surface area (Å²) in [6.07, 6.45) is 8.16. The van der Waals surface area contributed by atoms with Gasteiger partial charge < -0.3 is 10.6 Å². The molecule has 1 aliphatic carbocycles. The summed E-state index contributed by atoms with van der Waals surface area (Å²) in [5.74, 6) is -0.166. The van der Waals surface area contributed by atoms with Crippen molar-refractivity contribution in [3.05, 3.63) is 29.6 Å². The van der Waals surface area contributed by atoms with Gasteiger partial charge in [0.1, 0.15) is 5.82 Å². The van der Waals surface area contributed by atoms with Crippen LogP contribution in [0.15, 0.2) is 18.2 Å². The van der Waals surface area contributed by atoms with E-state index in [0.717, 1.165) is 18.8 Å². The molecule has 0 atom stereocenters. The van der Waals surface area contributed by atoms with Crippen LogP contribution in [0.5, 0.6) is 0 Å². The zero-order chi connectivity index (χ0) is 13.3. The first kappa shape index (κ1) is 12.9. The van der Waals surface area contributed by atoms with Crippen LogP contribution >= 0.6 is 0 Å². The van der Waals surface area contributed by atoms with Crippen molar-refractivity contribution >= 4 is 5.69 Å². The van der Waals surface area contributed by atoms with E-state index in [4.69, 9.17) is 5.73 Å². The van der Waals surface area contributed by atoms with Gasteiger partial charge in [0.15, 0.2) is 0 Å². The maximum atomic E-state index is 13.8. The van der Waals surface area contributed by atoms with E-state index in [1.807, 2.05) is 12.1 Å². The molecule has 1 aromatic rings. The first-order chi connectivity index (χ1) is 9.22. The lowest BCUT2D eigenvalue weighted by Crippen LogP contribution is -2.38. The van der Waals surface area contributed by atoms with E-state index >= 15 is 0 Å². The monoisotopic (exact) mass is 262 g/mol. The summed E-state index contributed by atoms with van der Waals surface area (Å²) >= 11 is 0. The number of nitrogens with zero attached hydrogens (tertiary/aromatic N) is 1. The lowest BCUT2D eigenvalue weighted by molar-refractivity contribution is 0.226. The van der Waals surface area contributed by atoms with Crippen molar-refractivity contribution in [2.45, 2.75) is 45.1 Å². The Labute approximate surface area is 114 Å². The molecule has 0 amide bonds. The molecule has 1 aliphatic heterocycles. The predicted octanol–water partition coefficient (Wildman–Crippen LogP) is 3.45. The molecule has 19 heavy (non-hydrogen) atoms. The molecule has 2 nitrogen and oxygen atoms in total. The third-order valence-electron chi connectivity index (χ3n) is 5.11. The minimum Gasteiger partial charge on any atom is -0.371 e. The van der Waals surface area contributed by atoms with Gasteiger partial charge in [-0.05, 0) is 43.2 Å². The van der Waals surface area contributed by atoms with Crippen LogP contribution in [-0.4, -0.2) is 13.1 Å². The highest BCUT2D eigenvalue weighted by Crippen LogP contribution is 2.46. The van der Waals surface area contributed by atoms with Crippen molar-refractivity contribution in [1.29, 1.82) is 0 Å². The fourth-order valence-electron chi connectivity index (χ4n) is 3.76. The number of nitrogens with two attached hydrogens (primary N) is 1. The number of rotatable bonds is 2. The largest absolute Gasteiger partial charge is 0.371 e. The van der Waals surface area contributed by atoms with Gasteiger partial charge in [-0.3, -0.25) is 0 Å². The van der Waals surface area contributed by atoms with Crippen molar-refractivity contribution in [2.75, 3.05) is 18.0 Å². The second kappa shape index (κ2) is 5.12. The molecule has 3 rings (SSSR count). The molecule has 1 saturated carbocycles. The van der Waals surface area contributed by atoms with Crippen LogP contribution in [0.2, 0.25) is 0 Å². The lowest BCUT2D eigenvalue weighted by Gasteiger charge is -2.40. The molecule has 2 N–H and O–H groups in total. The highest BCUT2D eigenvalue weighted by molar-refractivity contribution is 5.48. The van der Waals surface area contributed by atoms with Crippen LogP contribution in [0.4, 0.5) is 10.1 Å². The number of anilines is 1. The van der Waals surface area contributed by atoms with Crippen LogP contribution in [0.3, 0.4) is 0 Å². The summed E-state index contributed by atoms with van der Waals surface area (Å²) in [5.41, 5.74) is 7.74. The summed E-state index contributed by atoms with van der Waals surface area (Å²) in [7, 11) is 0. The van der Waals surface area contributed by atoms with Crippen molar-refractivity contribution in [2.24, 2.45) is 11.1 Å². The number of piperidine rings is 1. The Balaban J connectivity index is 1.69. The number of halogens is 1. The Morgan fingerprint density at radius 2 is 1.79 bits per heavy atom. The third kappa shape index (κ3) is 2.48. The van der Waals surface area contributed by atoms with E-state index in [9.17, 15) is 4.39 Å². The van der Waals surface area contributed by atoms with Crippen molar-refractivity contribution in [3.8, 4) is 0 Å². The van der Waals surface area contributed by atoms with Crippen LogP contribution in [-0.2, 0) is 6.54 Å². The minimum atomic E-state index is -0.166. The Hall–Kier alpha value is -1.09. The van der Waals surface area contributed by atoms with Crippen molar-refractivity contribution in [3.63, 3.8) is 0 Å². The van der Waals surface area contributed by atoms with Gasteiger partial charge in [0.2, 0.25) is 0 Å². The molecule has 1 saturated heterocycles. The molecule has 2 aliphatic rings. The molecular formula is C16H23FN2. The van der Waals surface area contributed by atoms with Gasteiger partial charge in [-0.25, -0.2) is 4.39 Å². The summed E-state index contributed by atoms with van der Waals surface area (Å²) < 4.78 is 13.8. The second-order valence-electron chi connectivity index (χ2n) is 6.17. The quantitative estimate of drug-likeness (QED) is 0.884. The SMILES string of the molecule is NCc1ccc(N2CCC3(CCCC3)CC2)cc1F. The Bertz CT molecular complexity index is 442. The molecule has 3 heteroatoms. The van der Waals surface area contributed by atoms with Gasteiger partial charge in [0, 0.05) is 30.9 Å². The summed E-state index contributed by atoms with van der Waals surface area (Å²) in [4.78, 5) is 2.33. The van der Waals surface area contributed by atoms with E-state index in [2.05, 4.69) is 4.90 Å². The van der Waals surface area contributed by atoms with Crippen LogP contribution < -0.4 is 10.6 Å². The Kier molecular flexibility index (Phi) is 3.48. The van der Waals surface area contributed by atoms with Crippen LogP contribution in [0.1, 0.15) is 44.1 Å². The van der Waals surface area contributed by atoms with Crippen molar-refractivity contribution in [1.82, 2.24) is 0 Å². The van der Waals surface area contributed by atoms with Gasteiger partial charge in [0.05, 0.1) is 0 Å². The topological polar surface area (TPSA) is 29.3 Å². The molecular weight excluding hydrogens is 239 g/mol. The fraction of sp³-hybridized carbons (Fsp3) is 0.625. The first-order valence-corrected chi connectivity index (χ1v) is 7.46. The molecule has 0 radical (unpaired) electrons. The maximum absolute atomic E-state index is 13.8. The summed E-state index contributed by atoms with van der Waals surface area (Å²) in [5, 5.41) is 0. The van der Waals surface area contributed by atoms with E-state index < -0.39 is 0 Å². The summed E-state index contributed by atoms with van der Waals surface area (Å²) in [6, 6.07) is 5.48. The average molecular weight is 262 g/mol. The maximum Gasteiger partial charge on any atom is 0.129 e. The Morgan fingerprint density at radius 3 is 2.37 bits per heavy atom. The molecule has 1 heterocycles. The first-order valence-electron chi connectivity index (χ1n) is 7.46. The normalized spacial score (nSPS) is 22.1. The fourth-order valence-corrected chi connectivity index (χ4v) is 3.76. The standard InChI is InChI=1S/C16H23FN2/c17-15-11-14(4-3-13(15)12-18)19-9-7-16(8-10-19)5-1-2-6-16/h3-4,11H,1-2,5-10,12,18H2. The zero-order valence-corrected chi connectivity index (χ0v) is 11.5. The smallest absolute Gasteiger partial charge is 0.129 e. The van der Waals surface area contributed by atoms with Gasteiger partial charge in [-0.15, -0.1) is 0 Å². The highest BCUT2D eigenvalue weighted by Gasteiger charge is 2.36. The van der Waals surface area contributed by atoms with E-state index in [1.165, 1.54) is 38.5 Å². The van der Waals surface area contributed by atoms with E-state index in [1.54, 1.807) is 6.07 Å². The number of benzene rings is 1. The van der Waals surface area contributed by atoms with Crippen molar-refractivity contribution < 1.29 is 4.39 Å². The molecule has 2 fully saturated rings. The third-order valence-corrected chi connectivity index (χ3v) is 5.11. The molecule has 0 aromatic heterocycles. The second-order valence-corrected chi connectivity index (χ2v) is 6.17. The molecule has 1 spiro atoms. The van der Waals surface area contributed by atoms with E-state index in [0.29, 0.717) is 11.0 Å². The number of hydrogen-bond donors (Lipinski definition) is 1. The van der Waals surface area contributed by atoms with E-state index in [-0.39, 0.29) is 12.4 Å². The lowest BCUT2D eigenvalue weighted by atomic mass is 9.77. The molecule has 0 unspecified atom stereocenters. The average Bonchev–Trinajstić information content (AvgIpc) is 2.88. The number of hydrogen-bond acceptors (Lipinski definition) is 2. The summed E-state index contributed by atoms with van der Waals surface area (Å²) in [6.45, 7) is 2.41.